The van der Waals surface area contributed by atoms with Crippen LogP contribution in [-0.4, -0.2) is 11.5 Å². The van der Waals surface area contributed by atoms with E-state index in [9.17, 15) is 0 Å². The molecule has 1 heterocycles. The van der Waals surface area contributed by atoms with Crippen molar-refractivity contribution in [2.45, 2.75) is 25.8 Å². The molecule has 2 aromatic rings. The van der Waals surface area contributed by atoms with Gasteiger partial charge in [0.05, 0.1) is 6.04 Å². The van der Waals surface area contributed by atoms with Crippen molar-refractivity contribution in [3.05, 3.63) is 46.4 Å². The lowest BCUT2D eigenvalue weighted by molar-refractivity contribution is 0.556. The summed E-state index contributed by atoms with van der Waals surface area (Å²) in [6, 6.07) is 8.44. The summed E-state index contributed by atoms with van der Waals surface area (Å²) in [5.41, 5.74) is 7.90. The third-order valence-electron chi connectivity index (χ3n) is 2.87. The summed E-state index contributed by atoms with van der Waals surface area (Å²) < 4.78 is 0. The van der Waals surface area contributed by atoms with Gasteiger partial charge in [-0.15, -0.1) is 11.3 Å². The molecular weight excluding hydrogens is 242 g/mol. The molecule has 0 radical (unpaired) electrons. The first-order valence-corrected chi connectivity index (χ1v) is 7.11. The molecule has 1 aromatic carbocycles. The van der Waals surface area contributed by atoms with Crippen molar-refractivity contribution in [1.29, 1.82) is 0 Å². The lowest BCUT2D eigenvalue weighted by Gasteiger charge is -2.10. The van der Waals surface area contributed by atoms with E-state index in [2.05, 4.69) is 23.3 Å². The summed E-state index contributed by atoms with van der Waals surface area (Å²) in [5, 5.41) is 6.65. The Morgan fingerprint density at radius 3 is 3.06 bits per heavy atom. The summed E-state index contributed by atoms with van der Waals surface area (Å²) in [5.74, 6) is 0. The zero-order valence-corrected chi connectivity index (χ0v) is 11.4. The van der Waals surface area contributed by atoms with Gasteiger partial charge in [-0.25, -0.2) is 4.98 Å². The number of hydrogen-bond acceptors (Lipinski definition) is 4. The summed E-state index contributed by atoms with van der Waals surface area (Å²) in [6.45, 7) is 3.15. The molecule has 0 aliphatic carbocycles. The van der Waals surface area contributed by atoms with Gasteiger partial charge in [-0.3, -0.25) is 0 Å². The molecule has 0 amide bonds. The second-order valence-electron chi connectivity index (χ2n) is 4.39. The Morgan fingerprint density at radius 1 is 1.44 bits per heavy atom. The zero-order valence-electron chi connectivity index (χ0n) is 10.6. The van der Waals surface area contributed by atoms with E-state index in [1.165, 1.54) is 5.56 Å². The summed E-state index contributed by atoms with van der Waals surface area (Å²) in [6.07, 6.45) is 4.02. The standard InChI is InChI=1S/C14H19N3S/c1-11(14-17-8-9-18-14)16-7-3-5-12-4-2-6-13(15)10-12/h2,4,6,8-11,16H,3,5,7,15H2,1H3. The minimum atomic E-state index is 0.339. The quantitative estimate of drug-likeness (QED) is 0.621. The number of thiazole rings is 1. The monoisotopic (exact) mass is 261 g/mol. The third kappa shape index (κ3) is 3.82. The Labute approximate surface area is 112 Å². The number of nitrogens with one attached hydrogen (secondary N) is 1. The lowest BCUT2D eigenvalue weighted by atomic mass is 10.1. The van der Waals surface area contributed by atoms with Crippen molar-refractivity contribution in [2.24, 2.45) is 0 Å². The van der Waals surface area contributed by atoms with Crippen LogP contribution in [0, 0.1) is 0 Å². The molecule has 0 aliphatic rings. The normalized spacial score (nSPS) is 12.5. The highest BCUT2D eigenvalue weighted by molar-refractivity contribution is 7.09. The van der Waals surface area contributed by atoms with Crippen LogP contribution in [0.25, 0.3) is 0 Å². The van der Waals surface area contributed by atoms with Crippen molar-refractivity contribution < 1.29 is 0 Å². The number of rotatable bonds is 6. The van der Waals surface area contributed by atoms with Crippen LogP contribution in [0.2, 0.25) is 0 Å². The summed E-state index contributed by atoms with van der Waals surface area (Å²) >= 11 is 1.70. The van der Waals surface area contributed by atoms with Gasteiger partial charge in [-0.2, -0.15) is 0 Å². The fraction of sp³-hybridized carbons (Fsp3) is 0.357. The maximum Gasteiger partial charge on any atom is 0.109 e. The first-order chi connectivity index (χ1) is 8.75. The molecule has 0 saturated heterocycles. The Balaban J connectivity index is 1.70. The van der Waals surface area contributed by atoms with Crippen molar-refractivity contribution >= 4 is 17.0 Å². The number of benzene rings is 1. The molecule has 3 N–H and O–H groups in total. The van der Waals surface area contributed by atoms with E-state index in [1.807, 2.05) is 29.8 Å². The highest BCUT2D eigenvalue weighted by atomic mass is 32.1. The zero-order chi connectivity index (χ0) is 12.8. The van der Waals surface area contributed by atoms with Gasteiger partial charge in [0.25, 0.3) is 0 Å². The maximum absolute atomic E-state index is 5.75. The van der Waals surface area contributed by atoms with Crippen LogP contribution in [-0.2, 0) is 6.42 Å². The van der Waals surface area contributed by atoms with Gasteiger partial charge in [-0.05, 0) is 44.0 Å². The average molecular weight is 261 g/mol. The van der Waals surface area contributed by atoms with Gasteiger partial charge < -0.3 is 11.1 Å². The minimum absolute atomic E-state index is 0.339. The van der Waals surface area contributed by atoms with Crippen LogP contribution in [0.5, 0.6) is 0 Å². The molecule has 1 aromatic heterocycles. The Hall–Kier alpha value is -1.39. The molecule has 0 spiro atoms. The Kier molecular flexibility index (Phi) is 4.73. The van der Waals surface area contributed by atoms with Crippen LogP contribution >= 0.6 is 11.3 Å². The molecule has 96 valence electrons. The van der Waals surface area contributed by atoms with Gasteiger partial charge in [0, 0.05) is 17.3 Å². The molecule has 4 heteroatoms. The number of nitrogens with zero attached hydrogens (tertiary/aromatic N) is 1. The van der Waals surface area contributed by atoms with Crippen LogP contribution in [0.4, 0.5) is 5.69 Å². The van der Waals surface area contributed by atoms with Crippen molar-refractivity contribution in [3.8, 4) is 0 Å². The predicted molar refractivity (Wildman–Crippen MR) is 77.7 cm³/mol. The smallest absolute Gasteiger partial charge is 0.109 e. The lowest BCUT2D eigenvalue weighted by Crippen LogP contribution is -2.20. The van der Waals surface area contributed by atoms with E-state index in [0.717, 1.165) is 30.1 Å². The van der Waals surface area contributed by atoms with Gasteiger partial charge in [0.1, 0.15) is 5.01 Å². The topological polar surface area (TPSA) is 50.9 Å². The highest BCUT2D eigenvalue weighted by Crippen LogP contribution is 2.14. The van der Waals surface area contributed by atoms with Crippen LogP contribution in [0.15, 0.2) is 35.8 Å². The Bertz CT molecular complexity index is 468. The third-order valence-corrected chi connectivity index (χ3v) is 3.82. The average Bonchev–Trinajstić information content (AvgIpc) is 2.88. The van der Waals surface area contributed by atoms with Crippen molar-refractivity contribution in [1.82, 2.24) is 10.3 Å². The van der Waals surface area contributed by atoms with Gasteiger partial charge in [-0.1, -0.05) is 12.1 Å². The van der Waals surface area contributed by atoms with Crippen molar-refractivity contribution in [3.63, 3.8) is 0 Å². The Morgan fingerprint density at radius 2 is 2.33 bits per heavy atom. The molecule has 2 rings (SSSR count). The number of nitrogens with two attached hydrogens (primary N) is 1. The molecule has 18 heavy (non-hydrogen) atoms. The van der Waals surface area contributed by atoms with Gasteiger partial charge >= 0.3 is 0 Å². The molecule has 0 bridgehead atoms. The van der Waals surface area contributed by atoms with E-state index in [-0.39, 0.29) is 0 Å². The summed E-state index contributed by atoms with van der Waals surface area (Å²) in [4.78, 5) is 4.30. The molecule has 1 unspecified atom stereocenters. The first kappa shape index (κ1) is 13.1. The number of aryl methyl sites for hydroxylation is 1. The SMILES string of the molecule is CC(NCCCc1cccc(N)c1)c1nccs1. The number of nitrogen functional groups attached to an aromatic ring is 1. The number of aromatic nitrogens is 1. The maximum atomic E-state index is 5.75. The fourth-order valence-corrected chi connectivity index (χ4v) is 2.57. The predicted octanol–water partition coefficient (Wildman–Crippen LogP) is 3.01. The highest BCUT2D eigenvalue weighted by Gasteiger charge is 2.06. The fourth-order valence-electron chi connectivity index (χ4n) is 1.90. The van der Waals surface area contributed by atoms with Gasteiger partial charge in [0.15, 0.2) is 0 Å². The van der Waals surface area contributed by atoms with Crippen molar-refractivity contribution in [2.75, 3.05) is 12.3 Å². The van der Waals surface area contributed by atoms with E-state index in [4.69, 9.17) is 5.73 Å². The van der Waals surface area contributed by atoms with Crippen LogP contribution in [0.3, 0.4) is 0 Å². The molecular formula is C14H19N3S. The second-order valence-corrected chi connectivity index (χ2v) is 5.32. The number of anilines is 1. The first-order valence-electron chi connectivity index (χ1n) is 6.23. The largest absolute Gasteiger partial charge is 0.399 e. The van der Waals surface area contributed by atoms with E-state index < -0.39 is 0 Å². The number of hydrogen-bond donors (Lipinski definition) is 2. The molecule has 0 aliphatic heterocycles. The molecule has 0 saturated carbocycles. The summed E-state index contributed by atoms with van der Waals surface area (Å²) in [7, 11) is 0. The van der Waals surface area contributed by atoms with Crippen LogP contribution < -0.4 is 11.1 Å². The van der Waals surface area contributed by atoms with E-state index >= 15 is 0 Å². The van der Waals surface area contributed by atoms with Gasteiger partial charge in [0.2, 0.25) is 0 Å². The minimum Gasteiger partial charge on any atom is -0.399 e. The molecule has 0 fully saturated rings. The van der Waals surface area contributed by atoms with E-state index in [1.54, 1.807) is 11.3 Å². The van der Waals surface area contributed by atoms with Crippen LogP contribution in [0.1, 0.15) is 30.0 Å². The second kappa shape index (κ2) is 6.52. The molecule has 1 atom stereocenters. The van der Waals surface area contributed by atoms with E-state index in [0.29, 0.717) is 6.04 Å². The molecule has 3 nitrogen and oxygen atoms in total.